The van der Waals surface area contributed by atoms with E-state index in [0.29, 0.717) is 22.9 Å². The van der Waals surface area contributed by atoms with Crippen molar-refractivity contribution in [2.24, 2.45) is 11.7 Å². The van der Waals surface area contributed by atoms with Crippen LogP contribution in [0.15, 0.2) is 29.3 Å². The summed E-state index contributed by atoms with van der Waals surface area (Å²) in [5.41, 5.74) is 7.54. The predicted octanol–water partition coefficient (Wildman–Crippen LogP) is 2.66. The first-order chi connectivity index (χ1) is 17.4. The first-order valence-corrected chi connectivity index (χ1v) is 14.4. The molecule has 2 amide bonds. The molecular weight excluding hydrogens is 494 g/mol. The number of nitrogens with zero attached hydrogens (tertiary/aromatic N) is 4. The van der Waals surface area contributed by atoms with Gasteiger partial charge in [0, 0.05) is 30.7 Å². The fourth-order valence-corrected chi connectivity index (χ4v) is 5.46. The topological polar surface area (TPSA) is 151 Å². The number of nitrogens with one attached hydrogen (secondary N) is 2. The number of amides is 2. The summed E-state index contributed by atoms with van der Waals surface area (Å²) in [6.07, 6.45) is 7.76. The number of nitrogens with two attached hydrogens (primary N) is 1. The molecule has 0 saturated heterocycles. The third-order valence-electron chi connectivity index (χ3n) is 7.01. The number of aromatic nitrogens is 2. The van der Waals surface area contributed by atoms with Gasteiger partial charge in [-0.2, -0.15) is 4.98 Å². The molecule has 37 heavy (non-hydrogen) atoms. The van der Waals surface area contributed by atoms with Gasteiger partial charge >= 0.3 is 0 Å². The second kappa shape index (κ2) is 10.6. The molecule has 1 aromatic carbocycles. The fourth-order valence-electron chi connectivity index (χ4n) is 4.78. The van der Waals surface area contributed by atoms with E-state index in [4.69, 9.17) is 5.73 Å². The van der Waals surface area contributed by atoms with Crippen LogP contribution < -0.4 is 26.2 Å². The molecule has 1 aliphatic heterocycles. The predicted molar refractivity (Wildman–Crippen MR) is 144 cm³/mol. The van der Waals surface area contributed by atoms with Crippen LogP contribution in [0.5, 0.6) is 0 Å². The Morgan fingerprint density at radius 3 is 2.46 bits per heavy atom. The molecule has 1 aromatic heterocycles. The zero-order valence-corrected chi connectivity index (χ0v) is 22.5. The molecule has 2 heterocycles. The Labute approximate surface area is 217 Å². The lowest BCUT2D eigenvalue weighted by Gasteiger charge is -2.36. The van der Waals surface area contributed by atoms with Crippen LogP contribution in [-0.4, -0.2) is 62.1 Å². The normalized spacial score (nSPS) is 17.5. The van der Waals surface area contributed by atoms with E-state index in [1.54, 1.807) is 19.3 Å². The lowest BCUT2D eigenvalue weighted by molar-refractivity contribution is -0.119. The van der Waals surface area contributed by atoms with Crippen molar-refractivity contribution in [3.63, 3.8) is 0 Å². The highest BCUT2D eigenvalue weighted by Gasteiger charge is 2.30. The quantitative estimate of drug-likeness (QED) is 0.492. The van der Waals surface area contributed by atoms with Crippen LogP contribution in [0.25, 0.3) is 0 Å². The molecule has 0 radical (unpaired) electrons. The number of carbonyl (C=O) groups is 2. The summed E-state index contributed by atoms with van der Waals surface area (Å²) >= 11 is 0. The lowest BCUT2D eigenvalue weighted by atomic mass is 9.84. The minimum atomic E-state index is -3.58. The Morgan fingerprint density at radius 1 is 1.14 bits per heavy atom. The van der Waals surface area contributed by atoms with Gasteiger partial charge in [0.1, 0.15) is 5.69 Å². The van der Waals surface area contributed by atoms with Gasteiger partial charge in [0.2, 0.25) is 17.8 Å². The molecular formula is C25H35N7O4S. The first kappa shape index (κ1) is 26.8. The standard InChI is InChI=1S/C25H35N7O4S/c1-15(2)32-14-21(33)31(3)20-13-27-25(30-23(20)32)29-18-10-17(11-19(12-18)37(4,35)36)28-24(34)22(26)16-8-6-5-7-9-16/h10-13,15-16,22H,5-9,14,26H2,1-4H3,(H,28,34)(H,27,29,30)/t22-/m1/s1. The number of rotatable bonds is 7. The summed E-state index contributed by atoms with van der Waals surface area (Å²) in [5.74, 6) is 0.545. The van der Waals surface area contributed by atoms with E-state index in [1.165, 1.54) is 17.0 Å². The van der Waals surface area contributed by atoms with Crippen LogP contribution in [0.4, 0.5) is 28.8 Å². The number of likely N-dealkylation sites (N-methyl/N-ethyl adjacent to an activating group) is 1. The molecule has 0 spiro atoms. The van der Waals surface area contributed by atoms with Gasteiger partial charge in [0.15, 0.2) is 15.7 Å². The zero-order chi connectivity index (χ0) is 26.9. The maximum atomic E-state index is 12.9. The SMILES string of the molecule is CC(C)N1CC(=O)N(C)c2cnc(Nc3cc(NC(=O)[C@H](N)C4CCCCC4)cc(S(C)(=O)=O)c3)nc21. The third kappa shape index (κ3) is 6.02. The highest BCUT2D eigenvalue weighted by Crippen LogP contribution is 2.33. The molecule has 11 nitrogen and oxygen atoms in total. The van der Waals surface area contributed by atoms with E-state index >= 15 is 0 Å². The smallest absolute Gasteiger partial charge is 0.246 e. The van der Waals surface area contributed by atoms with E-state index in [9.17, 15) is 18.0 Å². The highest BCUT2D eigenvalue weighted by molar-refractivity contribution is 7.90. The number of sulfone groups is 1. The summed E-state index contributed by atoms with van der Waals surface area (Å²) in [7, 11) is -1.90. The molecule has 1 saturated carbocycles. The molecule has 1 atom stereocenters. The van der Waals surface area contributed by atoms with Gasteiger partial charge in [-0.3, -0.25) is 9.59 Å². The minimum absolute atomic E-state index is 0.0305. The Kier molecular flexibility index (Phi) is 7.69. The minimum Gasteiger partial charge on any atom is -0.343 e. The Hall–Kier alpha value is -3.25. The van der Waals surface area contributed by atoms with Gasteiger partial charge < -0.3 is 26.2 Å². The van der Waals surface area contributed by atoms with E-state index in [1.807, 2.05) is 18.7 Å². The lowest BCUT2D eigenvalue weighted by Crippen LogP contribution is -2.47. The number of benzene rings is 1. The van der Waals surface area contributed by atoms with E-state index in [-0.39, 0.29) is 41.2 Å². The van der Waals surface area contributed by atoms with Crippen molar-refractivity contribution in [1.29, 1.82) is 0 Å². The van der Waals surface area contributed by atoms with Crippen LogP contribution in [-0.2, 0) is 19.4 Å². The van der Waals surface area contributed by atoms with Crippen LogP contribution in [0.1, 0.15) is 46.0 Å². The molecule has 1 fully saturated rings. The van der Waals surface area contributed by atoms with E-state index in [2.05, 4.69) is 20.6 Å². The third-order valence-corrected chi connectivity index (χ3v) is 8.10. The van der Waals surface area contributed by atoms with Gasteiger partial charge in [-0.1, -0.05) is 19.3 Å². The largest absolute Gasteiger partial charge is 0.343 e. The van der Waals surface area contributed by atoms with Crippen molar-refractivity contribution >= 4 is 50.5 Å². The van der Waals surface area contributed by atoms with Crippen molar-refractivity contribution in [3.05, 3.63) is 24.4 Å². The highest BCUT2D eigenvalue weighted by atomic mass is 32.2. The molecule has 12 heteroatoms. The van der Waals surface area contributed by atoms with Gasteiger partial charge in [-0.25, -0.2) is 13.4 Å². The van der Waals surface area contributed by atoms with Crippen molar-refractivity contribution < 1.29 is 18.0 Å². The number of hydrogen-bond acceptors (Lipinski definition) is 9. The zero-order valence-electron chi connectivity index (χ0n) is 21.7. The molecule has 200 valence electrons. The van der Waals surface area contributed by atoms with Crippen LogP contribution in [0, 0.1) is 5.92 Å². The van der Waals surface area contributed by atoms with Crippen molar-refractivity contribution in [2.45, 2.75) is 62.9 Å². The average molecular weight is 530 g/mol. The Bertz CT molecular complexity index is 1290. The summed E-state index contributed by atoms with van der Waals surface area (Å²) < 4.78 is 24.8. The van der Waals surface area contributed by atoms with Crippen molar-refractivity contribution in [1.82, 2.24) is 9.97 Å². The average Bonchev–Trinajstić information content (AvgIpc) is 2.85. The molecule has 4 N–H and O–H groups in total. The first-order valence-electron chi connectivity index (χ1n) is 12.5. The van der Waals surface area contributed by atoms with E-state index < -0.39 is 15.9 Å². The van der Waals surface area contributed by atoms with Crippen LogP contribution in [0.2, 0.25) is 0 Å². The Balaban J connectivity index is 1.62. The van der Waals surface area contributed by atoms with Crippen molar-refractivity contribution in [2.75, 3.05) is 40.3 Å². The molecule has 1 aliphatic carbocycles. The maximum absolute atomic E-state index is 12.9. The Morgan fingerprint density at radius 2 is 1.81 bits per heavy atom. The fraction of sp³-hybridized carbons (Fsp3) is 0.520. The molecule has 0 unspecified atom stereocenters. The monoisotopic (exact) mass is 529 g/mol. The van der Waals surface area contributed by atoms with Crippen molar-refractivity contribution in [3.8, 4) is 0 Å². The van der Waals surface area contributed by atoms with Crippen LogP contribution >= 0.6 is 0 Å². The van der Waals surface area contributed by atoms with Crippen LogP contribution in [0.3, 0.4) is 0 Å². The second-order valence-corrected chi connectivity index (χ2v) is 12.1. The number of anilines is 5. The van der Waals surface area contributed by atoms with Gasteiger partial charge in [-0.05, 0) is 50.8 Å². The summed E-state index contributed by atoms with van der Waals surface area (Å²) in [5, 5.41) is 5.86. The van der Waals surface area contributed by atoms with Gasteiger partial charge in [-0.15, -0.1) is 0 Å². The van der Waals surface area contributed by atoms with Gasteiger partial charge in [0.05, 0.1) is 23.7 Å². The number of carbonyl (C=O) groups excluding carboxylic acids is 2. The summed E-state index contributed by atoms with van der Waals surface area (Å²) in [6, 6.07) is 3.87. The van der Waals surface area contributed by atoms with Gasteiger partial charge in [0.25, 0.3) is 0 Å². The maximum Gasteiger partial charge on any atom is 0.246 e. The summed E-state index contributed by atoms with van der Waals surface area (Å²) in [4.78, 5) is 37.7. The number of fused-ring (bicyclic) bond motifs is 1. The molecule has 2 aromatic rings. The molecule has 4 rings (SSSR count). The molecule has 0 bridgehead atoms. The summed E-state index contributed by atoms with van der Waals surface area (Å²) in [6.45, 7) is 4.14. The second-order valence-electron chi connectivity index (χ2n) is 10.1. The number of hydrogen-bond donors (Lipinski definition) is 3. The molecule has 2 aliphatic rings. The van der Waals surface area contributed by atoms with E-state index in [0.717, 1.165) is 38.4 Å².